The van der Waals surface area contributed by atoms with Gasteiger partial charge in [0, 0.05) is 62.6 Å². The van der Waals surface area contributed by atoms with E-state index in [1.54, 1.807) is 0 Å². The number of carbonyl (C=O) groups is 6. The van der Waals surface area contributed by atoms with Crippen molar-refractivity contribution >= 4 is 51.2 Å². The van der Waals surface area contributed by atoms with E-state index >= 15 is 0 Å². The van der Waals surface area contributed by atoms with Crippen LogP contribution in [0.3, 0.4) is 0 Å². The molecule has 0 aromatic heterocycles. The van der Waals surface area contributed by atoms with Crippen LogP contribution in [-0.2, 0) is 74.9 Å². The predicted molar refractivity (Wildman–Crippen MR) is 452 cm³/mol. The lowest BCUT2D eigenvalue weighted by atomic mass is 9.88. The summed E-state index contributed by atoms with van der Waals surface area (Å²) < 4.78 is 67.3. The number of rotatable bonds is 80. The summed E-state index contributed by atoms with van der Waals surface area (Å²) in [5.74, 6) is -1.91. The molecule has 0 aliphatic carbocycles. The minimum absolute atomic E-state index is 0. The van der Waals surface area contributed by atoms with Crippen LogP contribution in [0.15, 0.2) is 0 Å². The fourth-order valence-electron chi connectivity index (χ4n) is 12.6. The third-order valence-corrected chi connectivity index (χ3v) is 21.5. The Kier molecular flexibility index (Phi) is 79.7. The molecule has 22 heteroatoms. The molecule has 0 aromatic carbocycles. The molecule has 0 saturated carbocycles. The van der Waals surface area contributed by atoms with Gasteiger partial charge in [0.1, 0.15) is 19.0 Å². The average molecular weight is 1610 g/mol. The summed E-state index contributed by atoms with van der Waals surface area (Å²) >= 11 is 0. The van der Waals surface area contributed by atoms with E-state index in [4.69, 9.17) is 37.0 Å². The molecule has 20 nitrogen and oxygen atoms in total. The fraction of sp³-hybridized carbons (Fsp3) is 0.932. The molecule has 0 aromatic rings. The van der Waals surface area contributed by atoms with E-state index in [1.165, 1.54) is 244 Å². The molecule has 0 fully saturated rings. The van der Waals surface area contributed by atoms with E-state index < -0.39 is 64.4 Å². The van der Waals surface area contributed by atoms with E-state index in [1.807, 2.05) is 41.5 Å². The van der Waals surface area contributed by atoms with Gasteiger partial charge in [0.2, 0.25) is 5.91 Å². The molecule has 4 atom stereocenters. The van der Waals surface area contributed by atoms with Crippen molar-refractivity contribution in [1.29, 1.82) is 0 Å². The van der Waals surface area contributed by atoms with Crippen molar-refractivity contribution in [2.75, 3.05) is 52.7 Å². The van der Waals surface area contributed by atoms with Crippen LogP contribution in [0.4, 0.5) is 0 Å². The second-order valence-corrected chi connectivity index (χ2v) is 35.7. The summed E-state index contributed by atoms with van der Waals surface area (Å²) in [6.07, 6.45) is 62.7. The summed E-state index contributed by atoms with van der Waals surface area (Å²) in [4.78, 5) is 95.0. The summed E-state index contributed by atoms with van der Waals surface area (Å²) in [6, 6.07) is 0. The topological polar surface area (TPSA) is 275 Å². The number of phosphoric acid groups is 2. The Morgan fingerprint density at radius 1 is 0.309 bits per heavy atom. The minimum atomic E-state index is -4.57. The fourth-order valence-corrected chi connectivity index (χ4v) is 14.1. The number of amides is 1. The standard InChI is InChI=1S/C46H88NO10P.C41H82NO8P.CH4/c1-6-8-10-12-14-16-18-20-22-24-26-28-30-35-44(50)54-39-41(57-45(51)36-31-29-27-25-23-21-19-17-15-13-11-9-7-2)40-56-58(52,53)55-38-37-47-43(49)34-32-33-42(48)46(3,4)5;1-6-8-10-12-14-16-18-20-22-24-26-28-30-32-39(43)47-36-38(37-49-51(45,46)48-35-34-42-41(3,4)5)50-40(44)33-31-29-27-25-23-21-19-17-15-13-11-9-7-2;/h41H,6-40H2,1-5H3,(H,47,49)(H,52,53);38,42H,6-37H2,1-5H3,(H,45,46);1H4. The third-order valence-electron chi connectivity index (χ3n) is 19.6. The molecule has 654 valence electrons. The molecule has 0 aliphatic heterocycles. The highest BCUT2D eigenvalue weighted by Crippen LogP contribution is 2.44. The number of unbranched alkanes of at least 4 members (excludes halogenated alkanes) is 48. The first kappa shape index (κ1) is 111. The number of Topliss-reactive ketones (excluding diaryl/α,β-unsaturated/α-hetero) is 1. The van der Waals surface area contributed by atoms with Crippen molar-refractivity contribution in [3.8, 4) is 0 Å². The average Bonchev–Trinajstić information content (AvgIpc) is 0.913. The first-order valence-corrected chi connectivity index (χ1v) is 47.8. The zero-order valence-electron chi connectivity index (χ0n) is 71.9. The largest absolute Gasteiger partial charge is 0.472 e. The molecule has 0 bridgehead atoms. The lowest BCUT2D eigenvalue weighted by Crippen LogP contribution is -2.37. The quantitative estimate of drug-likeness (QED) is 0.0191. The van der Waals surface area contributed by atoms with Gasteiger partial charge in [0.25, 0.3) is 0 Å². The lowest BCUT2D eigenvalue weighted by molar-refractivity contribution is -0.161. The highest BCUT2D eigenvalue weighted by Gasteiger charge is 2.29. The number of ether oxygens (including phenoxy) is 4. The van der Waals surface area contributed by atoms with Crippen LogP contribution >= 0.6 is 15.6 Å². The molecule has 4 N–H and O–H groups in total. The van der Waals surface area contributed by atoms with Crippen molar-refractivity contribution in [2.45, 2.75) is 473 Å². The molecule has 0 spiro atoms. The van der Waals surface area contributed by atoms with Crippen LogP contribution < -0.4 is 10.6 Å². The van der Waals surface area contributed by atoms with Gasteiger partial charge in [-0.2, -0.15) is 0 Å². The Balaban J connectivity index is -0.00000208. The van der Waals surface area contributed by atoms with Crippen LogP contribution in [-0.4, -0.2) is 116 Å². The first-order valence-electron chi connectivity index (χ1n) is 44.8. The monoisotopic (exact) mass is 1610 g/mol. The second kappa shape index (κ2) is 78.7. The van der Waals surface area contributed by atoms with Crippen LogP contribution in [0.1, 0.15) is 455 Å². The first-order chi connectivity index (χ1) is 52.3. The maximum Gasteiger partial charge on any atom is 0.472 e. The Morgan fingerprint density at radius 2 is 0.555 bits per heavy atom. The highest BCUT2D eigenvalue weighted by molar-refractivity contribution is 7.47. The number of phosphoric ester groups is 2. The van der Waals surface area contributed by atoms with Crippen LogP contribution in [0.5, 0.6) is 0 Å². The normalized spacial score (nSPS) is 13.3. The molecular weight excluding hydrogens is 1430 g/mol. The zero-order chi connectivity index (χ0) is 81.1. The lowest BCUT2D eigenvalue weighted by Gasteiger charge is -2.22. The SMILES string of the molecule is C.CCCCCCCCCCCCCCCC(=O)OCC(COP(=O)(O)OCCNC(=O)CCCC(=O)C(C)(C)C)OC(=O)CCCCCCCCCCCCCCC.CCCCCCCCCCCCCCCC(=O)OCC(COP(=O)(O)OCCNC(C)(C)C)OC(=O)CCCCCCCCCCCCCCC. The van der Waals surface area contributed by atoms with Gasteiger partial charge in [-0.1, -0.05) is 364 Å². The van der Waals surface area contributed by atoms with Gasteiger partial charge in [0.15, 0.2) is 12.2 Å². The van der Waals surface area contributed by atoms with E-state index in [0.29, 0.717) is 45.1 Å². The second-order valence-electron chi connectivity index (χ2n) is 32.8. The molecule has 4 unspecified atom stereocenters. The number of carbonyl (C=O) groups excluding carboxylic acids is 6. The van der Waals surface area contributed by atoms with Crippen LogP contribution in [0, 0.1) is 5.41 Å². The van der Waals surface area contributed by atoms with Crippen LogP contribution in [0.25, 0.3) is 0 Å². The zero-order valence-corrected chi connectivity index (χ0v) is 73.6. The summed E-state index contributed by atoms with van der Waals surface area (Å²) in [5.41, 5.74) is -0.615. The molecule has 0 heterocycles. The van der Waals surface area contributed by atoms with E-state index in [9.17, 15) is 47.7 Å². The number of ketones is 1. The maximum atomic E-state index is 12.7. The van der Waals surface area contributed by atoms with Crippen molar-refractivity contribution in [3.05, 3.63) is 0 Å². The Labute approximate surface area is 674 Å². The van der Waals surface area contributed by atoms with E-state index in [0.717, 1.165) is 70.6 Å². The van der Waals surface area contributed by atoms with Gasteiger partial charge in [-0.3, -0.25) is 46.9 Å². The number of hydrogen-bond donors (Lipinski definition) is 4. The van der Waals surface area contributed by atoms with Gasteiger partial charge in [-0.05, 0) is 52.9 Å². The molecular formula is C88H174N2O18P2. The van der Waals surface area contributed by atoms with Gasteiger partial charge in [0.05, 0.1) is 26.4 Å². The number of hydrogen-bond acceptors (Lipinski definition) is 17. The Bertz CT molecular complexity index is 2230. The third kappa shape index (κ3) is 84.6. The molecule has 0 radical (unpaired) electrons. The van der Waals surface area contributed by atoms with Gasteiger partial charge >= 0.3 is 39.5 Å². The number of nitrogens with one attached hydrogen (secondary N) is 2. The Hall–Kier alpha value is -2.80. The van der Waals surface area contributed by atoms with Crippen molar-refractivity contribution in [3.63, 3.8) is 0 Å². The minimum Gasteiger partial charge on any atom is -0.462 e. The molecule has 0 saturated heterocycles. The summed E-state index contributed by atoms with van der Waals surface area (Å²) in [7, 11) is -8.96. The maximum absolute atomic E-state index is 12.7. The van der Waals surface area contributed by atoms with Crippen molar-refractivity contribution in [1.82, 2.24) is 10.6 Å². The van der Waals surface area contributed by atoms with Gasteiger partial charge in [-0.15, -0.1) is 0 Å². The van der Waals surface area contributed by atoms with Gasteiger partial charge < -0.3 is 39.4 Å². The van der Waals surface area contributed by atoms with Crippen molar-refractivity contribution < 1.29 is 84.7 Å². The molecule has 0 rings (SSSR count). The van der Waals surface area contributed by atoms with E-state index in [-0.39, 0.29) is 89.3 Å². The summed E-state index contributed by atoms with van der Waals surface area (Å²) in [6.45, 7) is 19.0. The smallest absolute Gasteiger partial charge is 0.462 e. The highest BCUT2D eigenvalue weighted by atomic mass is 31.2. The number of esters is 4. The van der Waals surface area contributed by atoms with Gasteiger partial charge in [-0.25, -0.2) is 9.13 Å². The molecule has 1 amide bonds. The predicted octanol–water partition coefficient (Wildman–Crippen LogP) is 25.0. The van der Waals surface area contributed by atoms with Crippen LogP contribution in [0.2, 0.25) is 0 Å². The summed E-state index contributed by atoms with van der Waals surface area (Å²) in [5, 5.41) is 5.77. The molecule has 0 aliphatic rings. The van der Waals surface area contributed by atoms with Crippen molar-refractivity contribution in [2.24, 2.45) is 5.41 Å². The Morgan fingerprint density at radius 3 is 0.809 bits per heavy atom. The molecule has 110 heavy (non-hydrogen) atoms. The van der Waals surface area contributed by atoms with E-state index in [2.05, 4.69) is 38.3 Å².